The summed E-state index contributed by atoms with van der Waals surface area (Å²) in [5.41, 5.74) is 6.87. The van der Waals surface area contributed by atoms with E-state index in [2.05, 4.69) is 48.5 Å². The van der Waals surface area contributed by atoms with Crippen molar-refractivity contribution in [2.24, 2.45) is 5.41 Å². The average Bonchev–Trinajstić information content (AvgIpc) is 3.39. The molecule has 9 heteroatoms. The molecule has 0 N–H and O–H groups in total. The third-order valence-corrected chi connectivity index (χ3v) is 10.2. The summed E-state index contributed by atoms with van der Waals surface area (Å²) in [6.07, 6.45) is 8.56. The van der Waals surface area contributed by atoms with Gasteiger partial charge in [0.2, 0.25) is 0 Å². The summed E-state index contributed by atoms with van der Waals surface area (Å²) >= 11 is 0. The number of likely N-dealkylation sites (tertiary alicyclic amines) is 1. The number of nitrogens with zero attached hydrogens (tertiary/aromatic N) is 5. The molecule has 2 aliphatic heterocycles. The minimum Gasteiger partial charge on any atom is -0.462 e. The van der Waals surface area contributed by atoms with Crippen LogP contribution in [0.4, 0.5) is 10.2 Å². The number of likely N-dealkylation sites (N-methyl/N-ethyl adjacent to an activating group) is 1. The third-order valence-electron chi connectivity index (χ3n) is 10.2. The number of carbonyl (C=O) groups is 1. The fourth-order valence-electron chi connectivity index (χ4n) is 7.76. The normalized spacial score (nSPS) is 25.8. The Morgan fingerprint density at radius 3 is 2.64 bits per heavy atom. The van der Waals surface area contributed by atoms with E-state index < -0.39 is 11.7 Å². The number of aryl methyl sites for hydroxylation is 1. The topological polar surface area (TPSA) is 71.0 Å². The molecule has 0 radical (unpaired) electrons. The first-order valence-electron chi connectivity index (χ1n) is 15.5. The van der Waals surface area contributed by atoms with Crippen molar-refractivity contribution in [3.8, 4) is 6.01 Å². The maximum absolute atomic E-state index is 13.8. The smallest absolute Gasteiger partial charge is 0.318 e. The molecular weight excluding hydrogens is 533 g/mol. The van der Waals surface area contributed by atoms with Gasteiger partial charge in [0.25, 0.3) is 5.91 Å². The molecule has 1 amide bonds. The van der Waals surface area contributed by atoms with E-state index in [1.165, 1.54) is 28.7 Å². The van der Waals surface area contributed by atoms with E-state index in [0.717, 1.165) is 63.0 Å². The van der Waals surface area contributed by atoms with Gasteiger partial charge in [0.1, 0.15) is 12.4 Å². The molecule has 1 spiro atoms. The second-order valence-electron chi connectivity index (χ2n) is 12.9. The summed E-state index contributed by atoms with van der Waals surface area (Å²) in [4.78, 5) is 28.8. The minimum atomic E-state index is -0.939. The number of hydrogen-bond donors (Lipinski definition) is 0. The zero-order valence-corrected chi connectivity index (χ0v) is 25.3. The van der Waals surface area contributed by atoms with Crippen molar-refractivity contribution < 1.29 is 18.7 Å². The first-order valence-corrected chi connectivity index (χ1v) is 15.5. The third kappa shape index (κ3) is 5.65. The first-order chi connectivity index (χ1) is 20.3. The van der Waals surface area contributed by atoms with Gasteiger partial charge in [0.15, 0.2) is 5.83 Å². The van der Waals surface area contributed by atoms with Gasteiger partial charge in [-0.2, -0.15) is 9.97 Å². The second kappa shape index (κ2) is 11.9. The van der Waals surface area contributed by atoms with E-state index in [9.17, 15) is 9.18 Å². The number of hydrogen-bond acceptors (Lipinski definition) is 7. The summed E-state index contributed by atoms with van der Waals surface area (Å²) in [7, 11) is 3.75. The molecule has 3 atom stereocenters. The summed E-state index contributed by atoms with van der Waals surface area (Å²) in [5.74, 6) is -0.712. The second-order valence-corrected chi connectivity index (χ2v) is 12.9. The van der Waals surface area contributed by atoms with Crippen molar-refractivity contribution in [3.63, 3.8) is 0 Å². The summed E-state index contributed by atoms with van der Waals surface area (Å²) in [6, 6.07) is 7.22. The lowest BCUT2D eigenvalue weighted by molar-refractivity contribution is -0.132. The van der Waals surface area contributed by atoms with Gasteiger partial charge in [0, 0.05) is 38.3 Å². The number of carbonyl (C=O) groups excluding carboxylic acids is 1. The summed E-state index contributed by atoms with van der Waals surface area (Å²) in [6.45, 7) is 8.85. The van der Waals surface area contributed by atoms with Crippen LogP contribution >= 0.6 is 0 Å². The molecule has 0 bridgehead atoms. The van der Waals surface area contributed by atoms with E-state index in [-0.39, 0.29) is 11.5 Å². The van der Waals surface area contributed by atoms with Crippen molar-refractivity contribution in [3.05, 3.63) is 58.6 Å². The number of anilines is 1. The predicted molar refractivity (Wildman–Crippen MR) is 161 cm³/mol. The number of benzene rings is 1. The van der Waals surface area contributed by atoms with Crippen LogP contribution in [0.3, 0.4) is 0 Å². The Morgan fingerprint density at radius 2 is 1.90 bits per heavy atom. The Hall–Kier alpha value is -3.04. The molecule has 0 saturated carbocycles. The van der Waals surface area contributed by atoms with Crippen molar-refractivity contribution >= 4 is 11.7 Å². The largest absolute Gasteiger partial charge is 0.462 e. The number of aromatic nitrogens is 2. The van der Waals surface area contributed by atoms with Gasteiger partial charge < -0.3 is 24.2 Å². The zero-order valence-electron chi connectivity index (χ0n) is 25.3. The van der Waals surface area contributed by atoms with E-state index >= 15 is 0 Å². The number of methoxy groups -OCH3 is 1. The molecule has 2 saturated heterocycles. The molecule has 3 heterocycles. The monoisotopic (exact) mass is 577 g/mol. The quantitative estimate of drug-likeness (QED) is 0.460. The number of rotatable bonds is 7. The molecule has 4 aliphatic rings. The van der Waals surface area contributed by atoms with Crippen molar-refractivity contribution in [2.45, 2.75) is 70.4 Å². The fourth-order valence-corrected chi connectivity index (χ4v) is 7.76. The molecule has 8 nitrogen and oxygen atoms in total. The molecule has 1 aromatic heterocycles. The van der Waals surface area contributed by atoms with Gasteiger partial charge in [-0.05, 0) is 94.0 Å². The molecule has 2 fully saturated rings. The predicted octanol–water partition coefficient (Wildman–Crippen LogP) is 4.07. The van der Waals surface area contributed by atoms with Crippen LogP contribution in [0.25, 0.3) is 0 Å². The Balaban J connectivity index is 1.30. The first kappa shape index (κ1) is 29.1. The zero-order chi connectivity index (χ0) is 29.4. The summed E-state index contributed by atoms with van der Waals surface area (Å²) < 4.78 is 25.6. The maximum Gasteiger partial charge on any atom is 0.318 e. The lowest BCUT2D eigenvalue weighted by Crippen LogP contribution is -2.57. The Kier molecular flexibility index (Phi) is 8.24. The maximum atomic E-state index is 13.8. The molecule has 42 heavy (non-hydrogen) atoms. The highest BCUT2D eigenvalue weighted by atomic mass is 19.1. The highest BCUT2D eigenvalue weighted by Crippen LogP contribution is 2.47. The number of halogens is 1. The molecular formula is C33H44FN5O3. The lowest BCUT2D eigenvalue weighted by Gasteiger charge is -2.44. The van der Waals surface area contributed by atoms with E-state index in [4.69, 9.17) is 19.4 Å². The van der Waals surface area contributed by atoms with Gasteiger partial charge in [-0.15, -0.1) is 0 Å². The van der Waals surface area contributed by atoms with Crippen molar-refractivity contribution in [2.75, 3.05) is 58.5 Å². The van der Waals surface area contributed by atoms with Crippen LogP contribution in [0.5, 0.6) is 6.01 Å². The molecule has 226 valence electrons. The van der Waals surface area contributed by atoms with Crippen LogP contribution < -0.4 is 9.64 Å². The lowest BCUT2D eigenvalue weighted by atomic mass is 9.63. The molecule has 2 aliphatic carbocycles. The van der Waals surface area contributed by atoms with Crippen LogP contribution in [0.1, 0.15) is 53.6 Å². The van der Waals surface area contributed by atoms with Crippen molar-refractivity contribution in [1.82, 2.24) is 19.8 Å². The highest BCUT2D eigenvalue weighted by molar-refractivity contribution is 5.91. The highest BCUT2D eigenvalue weighted by Gasteiger charge is 2.41. The van der Waals surface area contributed by atoms with E-state index in [1.54, 1.807) is 12.0 Å². The van der Waals surface area contributed by atoms with Gasteiger partial charge in [-0.25, -0.2) is 4.39 Å². The van der Waals surface area contributed by atoms with Crippen LogP contribution in [0.15, 0.2) is 30.6 Å². The van der Waals surface area contributed by atoms with Gasteiger partial charge in [-0.1, -0.05) is 24.8 Å². The number of ether oxygens (including phenoxy) is 2. The van der Waals surface area contributed by atoms with Crippen LogP contribution in [-0.2, 0) is 35.2 Å². The van der Waals surface area contributed by atoms with E-state index in [0.29, 0.717) is 44.9 Å². The molecule has 6 rings (SSSR count). The Morgan fingerprint density at radius 1 is 1.10 bits per heavy atom. The SMILES string of the molecule is C=C(F)C(=O)N1CCN(c2nc(OCC3CCCN3C)nc3c2CCC2(CCc4c(C)cccc4C2)C3)CC1COC. The Labute approximate surface area is 248 Å². The average molecular weight is 578 g/mol. The van der Waals surface area contributed by atoms with Crippen molar-refractivity contribution in [1.29, 1.82) is 0 Å². The number of piperazine rings is 1. The molecule has 3 unspecified atom stereocenters. The van der Waals surface area contributed by atoms with Crippen LogP contribution in [-0.4, -0.2) is 91.3 Å². The van der Waals surface area contributed by atoms with Gasteiger partial charge in [-0.3, -0.25) is 4.79 Å². The standard InChI is InChI=1S/C33H44FN5O3/c1-22-7-5-8-24-17-33(12-10-27(22)24)13-11-28-29(18-33)35-32(42-21-25-9-6-14-37(25)3)36-30(28)38-15-16-39(31(40)23(2)34)26(19-38)20-41-4/h5,7-8,25-26H,2,6,9-21H2,1,3-4H3. The van der Waals surface area contributed by atoms with E-state index in [1.807, 2.05) is 0 Å². The van der Waals surface area contributed by atoms with Crippen LogP contribution in [0, 0.1) is 12.3 Å². The number of fused-ring (bicyclic) bond motifs is 2. The fraction of sp³-hybridized carbons (Fsp3) is 0.606. The number of amides is 1. The summed E-state index contributed by atoms with van der Waals surface area (Å²) in [5, 5.41) is 0. The minimum absolute atomic E-state index is 0.188. The van der Waals surface area contributed by atoms with Gasteiger partial charge >= 0.3 is 6.01 Å². The van der Waals surface area contributed by atoms with Crippen LogP contribution in [0.2, 0.25) is 0 Å². The Bertz CT molecular complexity index is 1350. The van der Waals surface area contributed by atoms with Gasteiger partial charge in [0.05, 0.1) is 18.3 Å². The molecule has 1 aromatic carbocycles. The molecule has 2 aromatic rings.